The zero-order chi connectivity index (χ0) is 15.3. The highest BCUT2D eigenvalue weighted by Gasteiger charge is 2.16. The summed E-state index contributed by atoms with van der Waals surface area (Å²) in [6.45, 7) is 4.96. The van der Waals surface area contributed by atoms with Gasteiger partial charge in [-0.05, 0) is 44.6 Å². The maximum atomic E-state index is 13.3. The van der Waals surface area contributed by atoms with Gasteiger partial charge in [0.2, 0.25) is 0 Å². The summed E-state index contributed by atoms with van der Waals surface area (Å²) in [4.78, 5) is 14.2. The molecule has 1 amide bonds. The van der Waals surface area contributed by atoms with Crippen molar-refractivity contribution in [3.8, 4) is 0 Å². The Bertz CT molecular complexity index is 430. The van der Waals surface area contributed by atoms with Crippen molar-refractivity contribution >= 4 is 11.6 Å². The number of hydrogen-bond donors (Lipinski definition) is 2. The van der Waals surface area contributed by atoms with E-state index >= 15 is 0 Å². The summed E-state index contributed by atoms with van der Waals surface area (Å²) in [6, 6.07) is 3.92. The second-order valence-corrected chi connectivity index (χ2v) is 5.84. The number of nitrogens with zero attached hydrogens (tertiary/aromatic N) is 1. The first kappa shape index (κ1) is 16.4. The number of likely N-dealkylation sites (N-methyl/N-ethyl adjacent to an activating group) is 1. The van der Waals surface area contributed by atoms with E-state index in [1.54, 1.807) is 0 Å². The van der Waals surface area contributed by atoms with E-state index in [-0.39, 0.29) is 23.2 Å². The molecule has 0 aromatic heterocycles. The fourth-order valence-electron chi connectivity index (χ4n) is 2.20. The number of nitrogens with one attached hydrogen (secondary N) is 1. The third kappa shape index (κ3) is 5.57. The van der Waals surface area contributed by atoms with Crippen LogP contribution in [-0.4, -0.2) is 37.5 Å². The summed E-state index contributed by atoms with van der Waals surface area (Å²) < 4.78 is 13.3. The Morgan fingerprint density at radius 3 is 2.50 bits per heavy atom. The van der Waals surface area contributed by atoms with Crippen LogP contribution in [0.5, 0.6) is 0 Å². The van der Waals surface area contributed by atoms with Crippen LogP contribution in [-0.2, 0) is 0 Å². The zero-order valence-electron chi connectivity index (χ0n) is 12.6. The molecule has 4 nitrogen and oxygen atoms in total. The summed E-state index contributed by atoms with van der Waals surface area (Å²) in [5.74, 6) is -0.315. The molecule has 0 fully saturated rings. The number of halogens is 1. The van der Waals surface area contributed by atoms with Crippen molar-refractivity contribution in [3.63, 3.8) is 0 Å². The summed E-state index contributed by atoms with van der Waals surface area (Å²) in [7, 11) is 3.92. The molecule has 0 saturated heterocycles. The third-order valence-electron chi connectivity index (χ3n) is 2.86. The van der Waals surface area contributed by atoms with Crippen LogP contribution in [0, 0.1) is 11.7 Å². The van der Waals surface area contributed by atoms with Crippen LogP contribution < -0.4 is 11.1 Å². The molecule has 1 aromatic rings. The van der Waals surface area contributed by atoms with Gasteiger partial charge in [0.25, 0.3) is 5.91 Å². The van der Waals surface area contributed by atoms with E-state index in [0.717, 1.165) is 13.0 Å². The number of rotatable bonds is 6. The summed E-state index contributed by atoms with van der Waals surface area (Å²) in [5, 5.41) is 2.95. The van der Waals surface area contributed by atoms with Crippen molar-refractivity contribution in [2.75, 3.05) is 26.4 Å². The van der Waals surface area contributed by atoms with E-state index in [1.807, 2.05) is 19.0 Å². The summed E-state index contributed by atoms with van der Waals surface area (Å²) in [6.07, 6.45) is 0.870. The lowest BCUT2D eigenvalue weighted by Gasteiger charge is -2.24. The molecule has 1 rings (SSSR count). The van der Waals surface area contributed by atoms with E-state index < -0.39 is 5.82 Å². The monoisotopic (exact) mass is 281 g/mol. The highest BCUT2D eigenvalue weighted by Crippen LogP contribution is 2.12. The minimum absolute atomic E-state index is 0.0296. The van der Waals surface area contributed by atoms with Crippen LogP contribution in [0.1, 0.15) is 30.6 Å². The van der Waals surface area contributed by atoms with Crippen molar-refractivity contribution < 1.29 is 9.18 Å². The Labute approximate surface area is 120 Å². The average molecular weight is 281 g/mol. The minimum Gasteiger partial charge on any atom is -0.399 e. The molecule has 0 aliphatic rings. The third-order valence-corrected chi connectivity index (χ3v) is 2.86. The Balaban J connectivity index is 2.78. The van der Waals surface area contributed by atoms with E-state index in [0.29, 0.717) is 5.92 Å². The van der Waals surface area contributed by atoms with Gasteiger partial charge in [-0.2, -0.15) is 0 Å². The van der Waals surface area contributed by atoms with Gasteiger partial charge in [0.1, 0.15) is 5.82 Å². The van der Waals surface area contributed by atoms with Crippen molar-refractivity contribution in [1.29, 1.82) is 0 Å². The Kier molecular flexibility index (Phi) is 5.95. The second kappa shape index (κ2) is 7.24. The predicted octanol–water partition coefficient (Wildman–Crippen LogP) is 2.11. The van der Waals surface area contributed by atoms with Crippen molar-refractivity contribution in [2.45, 2.75) is 26.3 Å². The Morgan fingerprint density at radius 2 is 2.00 bits per heavy atom. The first-order valence-corrected chi connectivity index (χ1v) is 6.79. The molecular formula is C15H24FN3O. The quantitative estimate of drug-likeness (QED) is 0.785. The fraction of sp³-hybridized carbons (Fsp3) is 0.533. The molecule has 1 atom stereocenters. The van der Waals surface area contributed by atoms with Crippen LogP contribution in [0.3, 0.4) is 0 Å². The Morgan fingerprint density at radius 1 is 1.35 bits per heavy atom. The zero-order valence-corrected chi connectivity index (χ0v) is 12.6. The van der Waals surface area contributed by atoms with Gasteiger partial charge >= 0.3 is 0 Å². The summed E-state index contributed by atoms with van der Waals surface area (Å²) >= 11 is 0. The molecule has 0 saturated carbocycles. The SMILES string of the molecule is CC(C)CC(CN(C)C)NC(=O)c1cc(N)cc(F)c1. The molecule has 0 aliphatic carbocycles. The van der Waals surface area contributed by atoms with E-state index in [1.165, 1.54) is 18.2 Å². The second-order valence-electron chi connectivity index (χ2n) is 5.84. The van der Waals surface area contributed by atoms with Crippen molar-refractivity contribution in [2.24, 2.45) is 5.92 Å². The number of amides is 1. The standard InChI is InChI=1S/C15H24FN3O/c1-10(2)5-14(9-19(3)4)18-15(20)11-6-12(16)8-13(17)7-11/h6-8,10,14H,5,9,17H2,1-4H3,(H,18,20). The molecular weight excluding hydrogens is 257 g/mol. The van der Waals surface area contributed by atoms with Crippen LogP contribution in [0.15, 0.2) is 18.2 Å². The number of carbonyl (C=O) groups is 1. The largest absolute Gasteiger partial charge is 0.399 e. The van der Waals surface area contributed by atoms with E-state index in [4.69, 9.17) is 5.73 Å². The molecule has 20 heavy (non-hydrogen) atoms. The molecule has 0 bridgehead atoms. The van der Waals surface area contributed by atoms with Crippen LogP contribution in [0.4, 0.5) is 10.1 Å². The molecule has 0 aliphatic heterocycles. The molecule has 1 unspecified atom stereocenters. The number of hydrogen-bond acceptors (Lipinski definition) is 3. The first-order valence-electron chi connectivity index (χ1n) is 6.79. The van der Waals surface area contributed by atoms with Crippen LogP contribution in [0.25, 0.3) is 0 Å². The maximum Gasteiger partial charge on any atom is 0.251 e. The molecule has 5 heteroatoms. The number of benzene rings is 1. The minimum atomic E-state index is -0.497. The highest BCUT2D eigenvalue weighted by molar-refractivity contribution is 5.95. The van der Waals surface area contributed by atoms with Gasteiger partial charge in [-0.15, -0.1) is 0 Å². The smallest absolute Gasteiger partial charge is 0.251 e. The maximum absolute atomic E-state index is 13.3. The van der Waals surface area contributed by atoms with E-state index in [9.17, 15) is 9.18 Å². The van der Waals surface area contributed by atoms with Crippen molar-refractivity contribution in [3.05, 3.63) is 29.6 Å². The van der Waals surface area contributed by atoms with Gasteiger partial charge < -0.3 is 16.0 Å². The lowest BCUT2D eigenvalue weighted by molar-refractivity contribution is 0.0924. The average Bonchev–Trinajstić information content (AvgIpc) is 2.25. The number of nitrogen functional groups attached to an aromatic ring is 1. The number of nitrogens with two attached hydrogens (primary N) is 1. The fourth-order valence-corrected chi connectivity index (χ4v) is 2.20. The van der Waals surface area contributed by atoms with E-state index in [2.05, 4.69) is 19.2 Å². The highest BCUT2D eigenvalue weighted by atomic mass is 19.1. The first-order chi connectivity index (χ1) is 9.27. The van der Waals surface area contributed by atoms with Gasteiger partial charge in [-0.1, -0.05) is 13.8 Å². The Hall–Kier alpha value is -1.62. The number of anilines is 1. The topological polar surface area (TPSA) is 58.4 Å². The molecule has 112 valence electrons. The molecule has 0 heterocycles. The van der Waals surface area contributed by atoms with Gasteiger partial charge in [0, 0.05) is 23.8 Å². The van der Waals surface area contributed by atoms with Crippen molar-refractivity contribution in [1.82, 2.24) is 10.2 Å². The van der Waals surface area contributed by atoms with Gasteiger partial charge in [0.05, 0.1) is 0 Å². The lowest BCUT2D eigenvalue weighted by atomic mass is 10.0. The number of carbonyl (C=O) groups excluding carboxylic acids is 1. The van der Waals surface area contributed by atoms with Gasteiger partial charge in [0.15, 0.2) is 0 Å². The molecule has 0 spiro atoms. The summed E-state index contributed by atoms with van der Waals surface area (Å²) in [5.41, 5.74) is 6.07. The normalized spacial score (nSPS) is 12.8. The molecule has 1 aromatic carbocycles. The molecule has 3 N–H and O–H groups in total. The van der Waals surface area contributed by atoms with Gasteiger partial charge in [-0.25, -0.2) is 4.39 Å². The molecule has 0 radical (unpaired) electrons. The lowest BCUT2D eigenvalue weighted by Crippen LogP contribution is -2.42. The van der Waals surface area contributed by atoms with Crippen LogP contribution >= 0.6 is 0 Å². The van der Waals surface area contributed by atoms with Crippen LogP contribution in [0.2, 0.25) is 0 Å². The predicted molar refractivity (Wildman–Crippen MR) is 80.1 cm³/mol. The van der Waals surface area contributed by atoms with Gasteiger partial charge in [-0.3, -0.25) is 4.79 Å².